The molecule has 0 saturated carbocycles. The van der Waals surface area contributed by atoms with Gasteiger partial charge in [-0.25, -0.2) is 4.57 Å². The summed E-state index contributed by atoms with van der Waals surface area (Å²) in [5.74, 6) is -0.495. The summed E-state index contributed by atoms with van der Waals surface area (Å²) in [4.78, 5) is 38.0. The Bertz CT molecular complexity index is 1850. The molecule has 0 radical (unpaired) electrons. The highest BCUT2D eigenvalue weighted by Gasteiger charge is 2.30. The molecular formula is C82H152N2O7P+. The van der Waals surface area contributed by atoms with E-state index in [4.69, 9.17) is 13.8 Å². The summed E-state index contributed by atoms with van der Waals surface area (Å²) in [6.45, 7) is 7.00. The highest BCUT2D eigenvalue weighted by molar-refractivity contribution is 7.47. The van der Waals surface area contributed by atoms with Crippen molar-refractivity contribution < 1.29 is 37.3 Å². The third kappa shape index (κ3) is 71.5. The predicted octanol–water partition coefficient (Wildman–Crippen LogP) is 25.6. The van der Waals surface area contributed by atoms with Crippen LogP contribution in [0.4, 0.5) is 0 Å². The number of ether oxygens (including phenoxy) is 1. The average Bonchev–Trinajstić information content (AvgIpc) is 3.72. The van der Waals surface area contributed by atoms with Gasteiger partial charge in [0.05, 0.1) is 33.8 Å². The van der Waals surface area contributed by atoms with E-state index >= 15 is 0 Å². The first kappa shape index (κ1) is 89.2. The third-order valence-corrected chi connectivity index (χ3v) is 18.5. The van der Waals surface area contributed by atoms with E-state index in [0.29, 0.717) is 17.4 Å². The molecule has 2 N–H and O–H groups in total. The average molecular weight is 1310 g/mol. The fraction of sp³-hybridized carbons (Fsp3) is 0.805. The molecule has 536 valence electrons. The van der Waals surface area contributed by atoms with Crippen molar-refractivity contribution in [1.29, 1.82) is 0 Å². The van der Waals surface area contributed by atoms with Gasteiger partial charge in [-0.3, -0.25) is 18.6 Å². The number of hydrogen-bond acceptors (Lipinski definition) is 6. The summed E-state index contributed by atoms with van der Waals surface area (Å²) in [6, 6.07) is -0.853. The SMILES string of the molecule is CCCCC/C=C\C/C=C\C/C=C\C/C=C\CCCCCCCCCCCCCC(=O)OC(/C=C/CCCCCCCCCCCC)C(COP(=O)(O)OCC[N+](C)(C)C)NC(=O)CCCCCCCCCCCCCCCCCCC/C=C\C/C=C\CCCCC. The highest BCUT2D eigenvalue weighted by atomic mass is 31.2. The molecule has 0 spiro atoms. The van der Waals surface area contributed by atoms with Crippen LogP contribution >= 0.6 is 7.82 Å². The number of esters is 1. The van der Waals surface area contributed by atoms with Crippen LogP contribution in [0.3, 0.4) is 0 Å². The quantitative estimate of drug-likeness (QED) is 0.0205. The third-order valence-electron chi connectivity index (χ3n) is 17.6. The minimum atomic E-state index is -4.46. The lowest BCUT2D eigenvalue weighted by Crippen LogP contribution is -2.47. The summed E-state index contributed by atoms with van der Waals surface area (Å²) in [6.07, 6.45) is 96.1. The Hall–Kier alpha value is -2.81. The lowest BCUT2D eigenvalue weighted by atomic mass is 10.0. The Kier molecular flexibility index (Phi) is 68.8. The smallest absolute Gasteiger partial charge is 0.456 e. The molecule has 10 heteroatoms. The number of allylic oxidation sites excluding steroid dienone is 13. The van der Waals surface area contributed by atoms with Gasteiger partial charge in [0.2, 0.25) is 5.91 Å². The van der Waals surface area contributed by atoms with E-state index in [9.17, 15) is 19.0 Å². The van der Waals surface area contributed by atoms with E-state index in [-0.39, 0.29) is 31.5 Å². The number of carbonyl (C=O) groups is 2. The first-order chi connectivity index (χ1) is 44.9. The minimum absolute atomic E-state index is 0.0388. The molecule has 0 aromatic carbocycles. The van der Waals surface area contributed by atoms with Crippen molar-refractivity contribution in [3.8, 4) is 0 Å². The molecule has 0 rings (SSSR count). The summed E-state index contributed by atoms with van der Waals surface area (Å²) in [7, 11) is 1.50. The lowest BCUT2D eigenvalue weighted by Gasteiger charge is -2.27. The molecule has 0 heterocycles. The van der Waals surface area contributed by atoms with Crippen LogP contribution in [0.15, 0.2) is 85.1 Å². The number of hydrogen-bond donors (Lipinski definition) is 2. The summed E-state index contributed by atoms with van der Waals surface area (Å²) in [5.41, 5.74) is 0. The van der Waals surface area contributed by atoms with Gasteiger partial charge in [-0.05, 0) is 109 Å². The topological polar surface area (TPSA) is 111 Å². The fourth-order valence-electron chi connectivity index (χ4n) is 11.5. The zero-order chi connectivity index (χ0) is 67.0. The minimum Gasteiger partial charge on any atom is -0.456 e. The molecule has 0 aromatic rings. The normalized spacial score (nSPS) is 13.9. The zero-order valence-corrected chi connectivity index (χ0v) is 62.4. The van der Waals surface area contributed by atoms with E-state index in [1.54, 1.807) is 0 Å². The molecule has 9 nitrogen and oxygen atoms in total. The van der Waals surface area contributed by atoms with Gasteiger partial charge in [0.25, 0.3) is 0 Å². The van der Waals surface area contributed by atoms with Crippen LogP contribution in [0.5, 0.6) is 0 Å². The van der Waals surface area contributed by atoms with E-state index in [1.807, 2.05) is 33.3 Å². The van der Waals surface area contributed by atoms with Crippen LogP contribution < -0.4 is 5.32 Å². The van der Waals surface area contributed by atoms with Crippen molar-refractivity contribution in [3.63, 3.8) is 0 Å². The Morgan fingerprint density at radius 3 is 1.01 bits per heavy atom. The van der Waals surface area contributed by atoms with E-state index in [2.05, 4.69) is 99.0 Å². The molecule has 0 bridgehead atoms. The van der Waals surface area contributed by atoms with Crippen LogP contribution in [0.2, 0.25) is 0 Å². The number of quaternary nitrogens is 1. The van der Waals surface area contributed by atoms with Crippen molar-refractivity contribution in [1.82, 2.24) is 5.32 Å². The molecule has 0 saturated heterocycles. The van der Waals surface area contributed by atoms with Crippen molar-refractivity contribution in [2.45, 2.75) is 386 Å². The van der Waals surface area contributed by atoms with Crippen molar-refractivity contribution in [2.75, 3.05) is 40.9 Å². The Morgan fingerprint density at radius 1 is 0.380 bits per heavy atom. The van der Waals surface area contributed by atoms with Crippen molar-refractivity contribution in [2.24, 2.45) is 0 Å². The summed E-state index contributed by atoms with van der Waals surface area (Å²) >= 11 is 0. The Morgan fingerprint density at radius 2 is 0.663 bits per heavy atom. The highest BCUT2D eigenvalue weighted by Crippen LogP contribution is 2.43. The number of likely N-dealkylation sites (N-methyl/N-ethyl adjacent to an activating group) is 1. The second kappa shape index (κ2) is 71.0. The number of amides is 1. The number of carbonyl (C=O) groups excluding carboxylic acids is 2. The fourth-order valence-corrected chi connectivity index (χ4v) is 12.2. The number of nitrogens with zero attached hydrogens (tertiary/aromatic N) is 1. The van der Waals surface area contributed by atoms with Crippen LogP contribution in [0.1, 0.15) is 374 Å². The largest absolute Gasteiger partial charge is 0.472 e. The van der Waals surface area contributed by atoms with E-state index < -0.39 is 20.0 Å². The molecule has 92 heavy (non-hydrogen) atoms. The van der Waals surface area contributed by atoms with Gasteiger partial charge >= 0.3 is 13.8 Å². The maximum absolute atomic E-state index is 13.7. The molecular weight excluding hydrogens is 1160 g/mol. The lowest BCUT2D eigenvalue weighted by molar-refractivity contribution is -0.870. The van der Waals surface area contributed by atoms with Crippen LogP contribution in [0.25, 0.3) is 0 Å². The van der Waals surface area contributed by atoms with Gasteiger partial charge in [0.1, 0.15) is 19.3 Å². The first-order valence-electron chi connectivity index (χ1n) is 39.4. The van der Waals surface area contributed by atoms with E-state index in [0.717, 1.165) is 83.5 Å². The molecule has 3 unspecified atom stereocenters. The Labute approximate surface area is 571 Å². The van der Waals surface area contributed by atoms with Gasteiger partial charge < -0.3 is 19.4 Å². The molecule has 0 fully saturated rings. The monoisotopic (exact) mass is 1310 g/mol. The van der Waals surface area contributed by atoms with Crippen LogP contribution in [0, 0.1) is 0 Å². The molecule has 0 aliphatic rings. The predicted molar refractivity (Wildman–Crippen MR) is 401 cm³/mol. The summed E-state index contributed by atoms with van der Waals surface area (Å²) < 4.78 is 30.9. The molecule has 0 aliphatic heterocycles. The first-order valence-corrected chi connectivity index (χ1v) is 40.9. The number of nitrogens with one attached hydrogen (secondary N) is 1. The van der Waals surface area contributed by atoms with E-state index in [1.165, 1.54) is 257 Å². The van der Waals surface area contributed by atoms with Crippen molar-refractivity contribution >= 4 is 19.7 Å². The Balaban J connectivity index is 4.93. The second-order valence-electron chi connectivity index (χ2n) is 27.9. The van der Waals surface area contributed by atoms with Gasteiger partial charge in [-0.15, -0.1) is 0 Å². The van der Waals surface area contributed by atoms with Gasteiger partial charge in [-0.2, -0.15) is 0 Å². The van der Waals surface area contributed by atoms with Crippen LogP contribution in [-0.4, -0.2) is 74.3 Å². The molecule has 3 atom stereocenters. The van der Waals surface area contributed by atoms with Gasteiger partial charge in [-0.1, -0.05) is 337 Å². The molecule has 0 aliphatic carbocycles. The second-order valence-corrected chi connectivity index (χ2v) is 29.3. The number of rotatable bonds is 72. The standard InChI is InChI=1S/C82H151N2O7P/c1-7-10-13-16-19-22-25-28-30-32-34-36-38-40-42-44-46-48-50-52-54-56-59-62-65-68-71-74-81(85)83-79(78-90-92(87,88)89-77-76-84(4,5)6)80(73-70-67-64-61-58-27-24-21-18-15-12-9-3)91-82(86)75-72-69-66-63-60-57-55-53-51-49-47-45-43-41-39-37-35-33-31-29-26-23-20-17-14-11-8-2/h19-20,22-23,28-31,35,37,41,43,70,73,79-80H,7-18,21,24-27,32-34,36,38-40,42,44-69,71-72,74-78H2,1-6H3,(H-,83,85,87,88)/p+1/b22-19-,23-20-,30-28-,31-29-,37-35-,43-41-,73-70+. The number of phosphoric ester groups is 1. The molecule has 0 aromatic heterocycles. The van der Waals surface area contributed by atoms with Crippen LogP contribution in [-0.2, 0) is 27.9 Å². The summed E-state index contributed by atoms with van der Waals surface area (Å²) in [5, 5.41) is 3.08. The van der Waals surface area contributed by atoms with Gasteiger partial charge in [0.15, 0.2) is 0 Å². The maximum atomic E-state index is 13.7. The van der Waals surface area contributed by atoms with Gasteiger partial charge in [0, 0.05) is 12.8 Å². The number of phosphoric acid groups is 1. The maximum Gasteiger partial charge on any atom is 0.472 e. The zero-order valence-electron chi connectivity index (χ0n) is 61.5. The van der Waals surface area contributed by atoms with Crippen molar-refractivity contribution in [3.05, 3.63) is 85.1 Å². The number of unbranched alkanes of at least 4 members (excludes halogenated alkanes) is 44. The molecule has 1 amide bonds.